The number of aromatic nitrogens is 1. The summed E-state index contributed by atoms with van der Waals surface area (Å²) in [4.78, 5) is 2.71. The Bertz CT molecular complexity index is 571. The van der Waals surface area contributed by atoms with Crippen molar-refractivity contribution in [1.29, 1.82) is 0 Å². The molecule has 0 N–H and O–H groups in total. The maximum absolute atomic E-state index is 2.71. The molecule has 0 amide bonds. The molecule has 1 aromatic rings. The molecule has 0 unspecified atom stereocenters. The Morgan fingerprint density at radius 2 is 1.38 bits per heavy atom. The molecule has 2 heterocycles. The minimum Gasteiger partial charge on any atom is -0.350 e. The fraction of sp³-hybridized carbons (Fsp3) is 0.789. The third-order valence-electron chi connectivity index (χ3n) is 6.45. The second-order valence-corrected chi connectivity index (χ2v) is 8.70. The van der Waals surface area contributed by atoms with E-state index >= 15 is 0 Å². The fourth-order valence-electron chi connectivity index (χ4n) is 5.14. The molecule has 0 radical (unpaired) electrons. The molecule has 0 aromatic carbocycles. The van der Waals surface area contributed by atoms with E-state index in [1.165, 1.54) is 17.0 Å². The van der Waals surface area contributed by atoms with Gasteiger partial charge in [-0.25, -0.2) is 0 Å². The van der Waals surface area contributed by atoms with Gasteiger partial charge in [0.1, 0.15) is 0 Å². The minimum absolute atomic E-state index is 0.0380. The minimum atomic E-state index is 0.0380. The van der Waals surface area contributed by atoms with Crippen LogP contribution in [0.2, 0.25) is 0 Å². The van der Waals surface area contributed by atoms with Gasteiger partial charge in [-0.15, -0.1) is 0 Å². The lowest BCUT2D eigenvalue weighted by Crippen LogP contribution is -2.68. The molecule has 0 saturated heterocycles. The number of hydrogen-bond acceptors (Lipinski definition) is 1. The monoisotopic (exact) mass is 290 g/mol. The van der Waals surface area contributed by atoms with Gasteiger partial charge in [-0.05, 0) is 66.5 Å². The zero-order valence-electron chi connectivity index (χ0n) is 16.0. The average Bonchev–Trinajstić information content (AvgIpc) is 2.51. The molecule has 2 nitrogen and oxygen atoms in total. The van der Waals surface area contributed by atoms with E-state index in [1.807, 2.05) is 0 Å². The Balaban J connectivity index is 2.93. The molecule has 0 bridgehead atoms. The van der Waals surface area contributed by atoms with Gasteiger partial charge >= 0.3 is 0 Å². The quantitative estimate of drug-likeness (QED) is 0.730. The van der Waals surface area contributed by atoms with Gasteiger partial charge in [-0.1, -0.05) is 13.8 Å². The first-order chi connectivity index (χ1) is 9.29. The van der Waals surface area contributed by atoms with Crippen LogP contribution in [0.4, 0.5) is 0 Å². The standard InChI is InChI=1S/C19H34N2/c1-12(2)21-18(7,8)16-15(13(3)14(4)20(16)11)17(5,6)19(21,9)10/h12H,1-11H3. The van der Waals surface area contributed by atoms with E-state index in [2.05, 4.69) is 85.8 Å². The van der Waals surface area contributed by atoms with E-state index < -0.39 is 0 Å². The van der Waals surface area contributed by atoms with Crippen molar-refractivity contribution in [2.75, 3.05) is 0 Å². The summed E-state index contributed by atoms with van der Waals surface area (Å²) in [5, 5.41) is 0. The van der Waals surface area contributed by atoms with E-state index in [0.29, 0.717) is 6.04 Å². The Morgan fingerprint density at radius 1 is 0.905 bits per heavy atom. The third-order valence-corrected chi connectivity index (χ3v) is 6.45. The molecule has 2 heteroatoms. The highest BCUT2D eigenvalue weighted by Crippen LogP contribution is 2.54. The van der Waals surface area contributed by atoms with Gasteiger partial charge in [0.25, 0.3) is 0 Å². The van der Waals surface area contributed by atoms with Crippen LogP contribution in [-0.2, 0) is 18.0 Å². The van der Waals surface area contributed by atoms with E-state index in [0.717, 1.165) is 0 Å². The highest BCUT2D eigenvalue weighted by molar-refractivity contribution is 5.49. The second-order valence-electron chi connectivity index (χ2n) is 8.70. The summed E-state index contributed by atoms with van der Waals surface area (Å²) in [6.45, 7) is 23.7. The number of fused-ring (bicyclic) bond motifs is 1. The van der Waals surface area contributed by atoms with Crippen LogP contribution in [-0.4, -0.2) is 21.0 Å². The Morgan fingerprint density at radius 3 is 1.81 bits per heavy atom. The first-order valence-electron chi connectivity index (χ1n) is 8.25. The van der Waals surface area contributed by atoms with Crippen LogP contribution >= 0.6 is 0 Å². The van der Waals surface area contributed by atoms with Crippen molar-refractivity contribution >= 4 is 0 Å². The van der Waals surface area contributed by atoms with Crippen LogP contribution in [0, 0.1) is 13.8 Å². The van der Waals surface area contributed by atoms with E-state index in [-0.39, 0.29) is 16.5 Å². The number of nitrogens with zero attached hydrogens (tertiary/aromatic N) is 2. The van der Waals surface area contributed by atoms with Gasteiger partial charge in [0.15, 0.2) is 0 Å². The highest BCUT2D eigenvalue weighted by atomic mass is 15.3. The Labute approximate surface area is 131 Å². The van der Waals surface area contributed by atoms with Crippen LogP contribution in [0.25, 0.3) is 0 Å². The molecule has 0 spiro atoms. The van der Waals surface area contributed by atoms with Crippen LogP contribution in [0.3, 0.4) is 0 Å². The summed E-state index contributed by atoms with van der Waals surface area (Å²) >= 11 is 0. The molecule has 0 fully saturated rings. The van der Waals surface area contributed by atoms with Crippen LogP contribution in [0.1, 0.15) is 77.9 Å². The molecule has 21 heavy (non-hydrogen) atoms. The van der Waals surface area contributed by atoms with Crippen molar-refractivity contribution in [2.24, 2.45) is 7.05 Å². The smallest absolute Gasteiger partial charge is 0.0567 e. The lowest BCUT2D eigenvalue weighted by Gasteiger charge is -2.62. The van der Waals surface area contributed by atoms with Gasteiger partial charge in [0.05, 0.1) is 5.54 Å². The van der Waals surface area contributed by atoms with Crippen molar-refractivity contribution in [2.45, 2.75) is 91.8 Å². The van der Waals surface area contributed by atoms with Gasteiger partial charge in [0, 0.05) is 35.4 Å². The van der Waals surface area contributed by atoms with Gasteiger partial charge < -0.3 is 4.57 Å². The lowest BCUT2D eigenvalue weighted by atomic mass is 9.61. The predicted molar refractivity (Wildman–Crippen MR) is 92.0 cm³/mol. The summed E-state index contributed by atoms with van der Waals surface area (Å²) < 4.78 is 2.43. The summed E-state index contributed by atoms with van der Waals surface area (Å²) in [5.41, 5.74) is 6.21. The van der Waals surface area contributed by atoms with Crippen molar-refractivity contribution in [3.63, 3.8) is 0 Å². The number of rotatable bonds is 1. The molecule has 120 valence electrons. The molecule has 1 aromatic heterocycles. The first kappa shape index (κ1) is 16.6. The molecule has 0 atom stereocenters. The molecular formula is C19H34N2. The second kappa shape index (κ2) is 4.38. The Kier molecular flexibility index (Phi) is 3.46. The van der Waals surface area contributed by atoms with Crippen LogP contribution in [0.15, 0.2) is 0 Å². The zero-order valence-corrected chi connectivity index (χ0v) is 16.0. The third kappa shape index (κ3) is 1.81. The molecule has 0 saturated carbocycles. The fourth-order valence-corrected chi connectivity index (χ4v) is 5.14. The average molecular weight is 290 g/mol. The summed E-state index contributed by atoms with van der Waals surface area (Å²) in [6.07, 6.45) is 0. The molecule has 2 rings (SSSR count). The largest absolute Gasteiger partial charge is 0.350 e. The van der Waals surface area contributed by atoms with Crippen molar-refractivity contribution < 1.29 is 0 Å². The Hall–Kier alpha value is -0.760. The summed E-state index contributed by atoms with van der Waals surface area (Å²) in [7, 11) is 2.23. The maximum Gasteiger partial charge on any atom is 0.0567 e. The molecule has 1 aliphatic heterocycles. The molecule has 0 aliphatic carbocycles. The topological polar surface area (TPSA) is 8.17 Å². The van der Waals surface area contributed by atoms with Crippen molar-refractivity contribution in [1.82, 2.24) is 9.47 Å². The van der Waals surface area contributed by atoms with Crippen LogP contribution in [0.5, 0.6) is 0 Å². The highest BCUT2D eigenvalue weighted by Gasteiger charge is 2.57. The lowest BCUT2D eigenvalue weighted by molar-refractivity contribution is -0.0726. The normalized spacial score (nSPS) is 23.4. The zero-order chi connectivity index (χ0) is 16.5. The van der Waals surface area contributed by atoms with Gasteiger partial charge in [-0.2, -0.15) is 0 Å². The van der Waals surface area contributed by atoms with E-state index in [9.17, 15) is 0 Å². The summed E-state index contributed by atoms with van der Waals surface area (Å²) in [6, 6.07) is 0.512. The molecule has 1 aliphatic rings. The van der Waals surface area contributed by atoms with E-state index in [1.54, 1.807) is 5.56 Å². The van der Waals surface area contributed by atoms with Gasteiger partial charge in [0.2, 0.25) is 0 Å². The SMILES string of the molecule is Cc1c2c(n(C)c1C)C(C)(C)N(C(C)C)C(C)(C)C2(C)C. The van der Waals surface area contributed by atoms with Crippen molar-refractivity contribution in [3.05, 3.63) is 22.5 Å². The first-order valence-corrected chi connectivity index (χ1v) is 8.25. The van der Waals surface area contributed by atoms with Crippen LogP contribution < -0.4 is 0 Å². The van der Waals surface area contributed by atoms with Crippen molar-refractivity contribution in [3.8, 4) is 0 Å². The maximum atomic E-state index is 2.71. The number of hydrogen-bond donors (Lipinski definition) is 0. The summed E-state index contributed by atoms with van der Waals surface area (Å²) in [5.74, 6) is 0. The van der Waals surface area contributed by atoms with Gasteiger partial charge in [-0.3, -0.25) is 4.90 Å². The van der Waals surface area contributed by atoms with E-state index in [4.69, 9.17) is 0 Å². The predicted octanol–water partition coefficient (Wildman–Crippen LogP) is 4.66. The molecular weight excluding hydrogens is 256 g/mol.